The van der Waals surface area contributed by atoms with Crippen LogP contribution in [-0.2, 0) is 28.4 Å². The standard InChI is InChI=1S/C29H38BN3O8/c1-17(2)15-23(30-40-22(16-24(35)41-30)28(38)39-29(4,5)6)32-27(37)25(18(3)34)33-26(36)21-14-10-13-20(31-21)19-11-8-7-9-12-19/h7-14,17-18,22-23,25,34H,15-16H2,1-6H3,(H,32,37)(H,33,36)/t18-,22?,23+,25+/m1/s1. The summed E-state index contributed by atoms with van der Waals surface area (Å²) in [4.78, 5) is 55.8. The lowest BCUT2D eigenvalue weighted by Crippen LogP contribution is -2.60. The third kappa shape index (κ3) is 9.39. The van der Waals surface area contributed by atoms with E-state index in [9.17, 15) is 24.3 Å². The highest BCUT2D eigenvalue weighted by Gasteiger charge is 2.46. The van der Waals surface area contributed by atoms with Gasteiger partial charge in [-0.2, -0.15) is 0 Å². The summed E-state index contributed by atoms with van der Waals surface area (Å²) in [5, 5.41) is 15.7. The van der Waals surface area contributed by atoms with Crippen LogP contribution in [0.15, 0.2) is 48.5 Å². The number of rotatable bonds is 10. The van der Waals surface area contributed by atoms with Gasteiger partial charge in [0.05, 0.1) is 24.2 Å². The highest BCUT2D eigenvalue weighted by atomic mass is 16.7. The lowest BCUT2D eigenvalue weighted by Gasteiger charge is -2.33. The van der Waals surface area contributed by atoms with Crippen molar-refractivity contribution in [2.45, 2.75) is 84.2 Å². The number of pyridine rings is 1. The number of benzene rings is 1. The van der Waals surface area contributed by atoms with Crippen LogP contribution in [0.2, 0.25) is 0 Å². The summed E-state index contributed by atoms with van der Waals surface area (Å²) in [6.07, 6.45) is -2.50. The van der Waals surface area contributed by atoms with Crippen molar-refractivity contribution >= 4 is 30.9 Å². The fourth-order valence-corrected chi connectivity index (χ4v) is 4.22. The number of aromatic nitrogens is 1. The molecular formula is C29H38BN3O8. The van der Waals surface area contributed by atoms with Gasteiger partial charge in [0.2, 0.25) is 5.91 Å². The molecule has 220 valence electrons. The van der Waals surface area contributed by atoms with Crippen molar-refractivity contribution in [3.63, 3.8) is 0 Å². The molecule has 1 aliphatic heterocycles. The zero-order valence-electron chi connectivity index (χ0n) is 24.2. The first-order valence-electron chi connectivity index (χ1n) is 13.6. The molecule has 1 aromatic carbocycles. The SMILES string of the molecule is CC(C)C[C@H](NC(=O)[C@@H](NC(=O)c1cccc(-c2ccccc2)n1)[C@@H](C)O)B1OC(=O)CC(C(=O)OC(C)(C)C)O1. The molecule has 11 nitrogen and oxygen atoms in total. The van der Waals surface area contributed by atoms with Gasteiger partial charge in [0.1, 0.15) is 17.3 Å². The van der Waals surface area contributed by atoms with Gasteiger partial charge in [-0.15, -0.1) is 0 Å². The number of hydrogen-bond donors (Lipinski definition) is 3. The zero-order chi connectivity index (χ0) is 30.3. The number of hydrogen-bond acceptors (Lipinski definition) is 9. The van der Waals surface area contributed by atoms with E-state index in [4.69, 9.17) is 14.0 Å². The van der Waals surface area contributed by atoms with Crippen LogP contribution in [0.5, 0.6) is 0 Å². The van der Waals surface area contributed by atoms with Gasteiger partial charge in [0.15, 0.2) is 6.10 Å². The molecule has 2 amide bonds. The molecule has 1 aliphatic rings. The average Bonchev–Trinajstić information content (AvgIpc) is 2.90. The molecule has 1 aromatic heterocycles. The average molecular weight is 567 g/mol. The van der Waals surface area contributed by atoms with E-state index in [1.807, 2.05) is 44.2 Å². The Labute approximate surface area is 240 Å². The summed E-state index contributed by atoms with van der Waals surface area (Å²) >= 11 is 0. The molecule has 0 spiro atoms. The Morgan fingerprint density at radius 3 is 2.37 bits per heavy atom. The van der Waals surface area contributed by atoms with Gasteiger partial charge in [0.25, 0.3) is 11.9 Å². The summed E-state index contributed by atoms with van der Waals surface area (Å²) in [5.74, 6) is -3.63. The largest absolute Gasteiger partial charge is 0.551 e. The second kappa shape index (κ2) is 13.7. The van der Waals surface area contributed by atoms with Gasteiger partial charge >= 0.3 is 13.1 Å². The van der Waals surface area contributed by atoms with Crippen LogP contribution >= 0.6 is 0 Å². The maximum atomic E-state index is 13.4. The maximum Gasteiger partial charge on any atom is 0.551 e. The molecule has 2 heterocycles. The Morgan fingerprint density at radius 1 is 1.07 bits per heavy atom. The Balaban J connectivity index is 1.75. The molecule has 1 unspecified atom stereocenters. The lowest BCUT2D eigenvalue weighted by atomic mass is 9.72. The number of nitrogens with one attached hydrogen (secondary N) is 2. The fourth-order valence-electron chi connectivity index (χ4n) is 4.22. The van der Waals surface area contributed by atoms with Gasteiger partial charge in [-0.3, -0.25) is 14.4 Å². The Morgan fingerprint density at radius 2 is 1.76 bits per heavy atom. The maximum absolute atomic E-state index is 13.4. The van der Waals surface area contributed by atoms with Gasteiger partial charge in [-0.05, 0) is 52.2 Å². The third-order valence-corrected chi connectivity index (χ3v) is 6.05. The van der Waals surface area contributed by atoms with Crippen LogP contribution in [0.1, 0.15) is 64.9 Å². The van der Waals surface area contributed by atoms with Crippen molar-refractivity contribution in [3.8, 4) is 11.3 Å². The smallest absolute Gasteiger partial charge is 0.508 e. The molecule has 3 rings (SSSR count). The van der Waals surface area contributed by atoms with Crippen molar-refractivity contribution < 1.29 is 38.3 Å². The van der Waals surface area contributed by atoms with E-state index in [2.05, 4.69) is 15.6 Å². The first-order chi connectivity index (χ1) is 19.2. The Kier molecular flexibility index (Phi) is 10.6. The van der Waals surface area contributed by atoms with E-state index in [0.29, 0.717) is 12.1 Å². The van der Waals surface area contributed by atoms with Crippen LogP contribution in [0.25, 0.3) is 11.3 Å². The second-order valence-corrected chi connectivity index (χ2v) is 11.4. The van der Waals surface area contributed by atoms with Crippen molar-refractivity contribution in [1.29, 1.82) is 0 Å². The minimum absolute atomic E-state index is 0.0222. The van der Waals surface area contributed by atoms with Crippen molar-refractivity contribution in [1.82, 2.24) is 15.6 Å². The summed E-state index contributed by atoms with van der Waals surface area (Å²) in [6, 6.07) is 12.9. The number of carbonyl (C=O) groups excluding carboxylic acids is 4. The lowest BCUT2D eigenvalue weighted by molar-refractivity contribution is -0.171. The quantitative estimate of drug-likeness (QED) is 0.290. The predicted molar refractivity (Wildman–Crippen MR) is 151 cm³/mol. The summed E-state index contributed by atoms with van der Waals surface area (Å²) in [7, 11) is -1.28. The number of ether oxygens (including phenoxy) is 1. The fraction of sp³-hybridized carbons (Fsp3) is 0.483. The van der Waals surface area contributed by atoms with Crippen molar-refractivity contribution in [2.75, 3.05) is 0 Å². The minimum atomic E-state index is -1.36. The number of aliphatic hydroxyl groups excluding tert-OH is 1. The number of aliphatic hydroxyl groups is 1. The normalized spacial score (nSPS) is 17.7. The zero-order valence-corrected chi connectivity index (χ0v) is 24.2. The topological polar surface area (TPSA) is 153 Å². The molecule has 0 aliphatic carbocycles. The second-order valence-electron chi connectivity index (χ2n) is 11.4. The van der Waals surface area contributed by atoms with Gasteiger partial charge in [0, 0.05) is 5.56 Å². The van der Waals surface area contributed by atoms with E-state index in [1.165, 1.54) is 13.0 Å². The van der Waals surface area contributed by atoms with E-state index in [1.54, 1.807) is 32.9 Å². The molecule has 0 bridgehead atoms. The Bertz CT molecular complexity index is 1230. The molecule has 0 radical (unpaired) electrons. The molecular weight excluding hydrogens is 529 g/mol. The molecule has 3 N–H and O–H groups in total. The van der Waals surface area contributed by atoms with Crippen molar-refractivity contribution in [2.24, 2.45) is 5.92 Å². The van der Waals surface area contributed by atoms with E-state index >= 15 is 0 Å². The highest BCUT2D eigenvalue weighted by molar-refractivity contribution is 6.50. The van der Waals surface area contributed by atoms with Crippen LogP contribution in [0, 0.1) is 5.92 Å². The van der Waals surface area contributed by atoms with E-state index < -0.39 is 60.7 Å². The summed E-state index contributed by atoms with van der Waals surface area (Å²) < 4.78 is 16.5. The third-order valence-electron chi connectivity index (χ3n) is 6.05. The molecule has 2 aromatic rings. The molecule has 1 fully saturated rings. The number of carbonyl (C=O) groups is 4. The summed E-state index contributed by atoms with van der Waals surface area (Å²) in [5.41, 5.74) is 0.661. The minimum Gasteiger partial charge on any atom is -0.508 e. The molecule has 0 saturated carbocycles. The highest BCUT2D eigenvalue weighted by Crippen LogP contribution is 2.21. The molecule has 41 heavy (non-hydrogen) atoms. The summed E-state index contributed by atoms with van der Waals surface area (Å²) in [6.45, 7) is 10.3. The van der Waals surface area contributed by atoms with E-state index in [-0.39, 0.29) is 18.0 Å². The predicted octanol–water partition coefficient (Wildman–Crippen LogP) is 2.46. The number of amides is 2. The Hall–Kier alpha value is -3.77. The number of nitrogens with zero attached hydrogens (tertiary/aromatic N) is 1. The van der Waals surface area contributed by atoms with Crippen molar-refractivity contribution in [3.05, 3.63) is 54.2 Å². The molecule has 12 heteroatoms. The van der Waals surface area contributed by atoms with Crippen LogP contribution in [0.3, 0.4) is 0 Å². The van der Waals surface area contributed by atoms with Gasteiger partial charge in [-0.1, -0.05) is 50.2 Å². The molecule has 1 saturated heterocycles. The van der Waals surface area contributed by atoms with Gasteiger partial charge < -0.3 is 29.8 Å². The first kappa shape index (κ1) is 31.8. The van der Waals surface area contributed by atoms with Gasteiger partial charge in [-0.25, -0.2) is 9.78 Å². The first-order valence-corrected chi connectivity index (χ1v) is 13.6. The van der Waals surface area contributed by atoms with E-state index in [0.717, 1.165) is 5.56 Å². The van der Waals surface area contributed by atoms with Crippen LogP contribution in [-0.4, -0.2) is 70.8 Å². The monoisotopic (exact) mass is 567 g/mol. The number of esters is 1. The molecule has 4 atom stereocenters. The van der Waals surface area contributed by atoms with Crippen LogP contribution in [0.4, 0.5) is 0 Å². The van der Waals surface area contributed by atoms with Crippen LogP contribution < -0.4 is 10.6 Å².